The molecule has 0 unspecified atom stereocenters. The van der Waals surface area contributed by atoms with Crippen molar-refractivity contribution < 1.29 is 27.8 Å². The van der Waals surface area contributed by atoms with Crippen LogP contribution >= 0.6 is 11.6 Å². The third kappa shape index (κ3) is 8.96. The molecule has 0 aromatic carbocycles. The number of carbonyl (C=O) groups is 2. The van der Waals surface area contributed by atoms with Gasteiger partial charge in [-0.25, -0.2) is 13.8 Å². The molecule has 11 heteroatoms. The third-order valence-electron chi connectivity index (χ3n) is 8.00. The highest BCUT2D eigenvalue weighted by Crippen LogP contribution is 2.37. The number of pyridine rings is 1. The topological polar surface area (TPSA) is 113 Å². The van der Waals surface area contributed by atoms with Gasteiger partial charge in [0, 0.05) is 75.1 Å². The Labute approximate surface area is 239 Å². The molecule has 0 radical (unpaired) electrons. The molecule has 1 amide bonds. The van der Waals surface area contributed by atoms with Crippen LogP contribution in [0.4, 0.5) is 8.78 Å². The van der Waals surface area contributed by atoms with E-state index in [4.69, 9.17) is 26.5 Å². The molecule has 3 aliphatic rings. The molecule has 1 saturated carbocycles. The van der Waals surface area contributed by atoms with Crippen molar-refractivity contribution >= 4 is 29.0 Å². The summed E-state index contributed by atoms with van der Waals surface area (Å²) in [6.07, 6.45) is 5.98. The Morgan fingerprint density at radius 3 is 2.70 bits per heavy atom. The Kier molecular flexibility index (Phi) is 10.5. The standard InChI is InChI=1S/C29H39ClF2N4O4/c1-18(37)36-21-6-2-19(3-7-21)4-8-26(38)28(33)24-15-29(31,32)12-10-25(24)34-17-23-14-22(11-13-39-23)40-27-9-5-20(30)16-35-27/h5,9,16,19,21-23,33-34H,2-4,6-8,10-15,17H2,1H3,(H,36,37)/t19?,21?,22-,23-/m1/s1. The second kappa shape index (κ2) is 13.9. The van der Waals surface area contributed by atoms with Crippen molar-refractivity contribution in [3.8, 4) is 5.88 Å². The number of alkyl halides is 2. The maximum absolute atomic E-state index is 14.4. The molecule has 0 spiro atoms. The van der Waals surface area contributed by atoms with Crippen LogP contribution in [0.25, 0.3) is 0 Å². The second-order valence-corrected chi connectivity index (χ2v) is 11.6. The van der Waals surface area contributed by atoms with Gasteiger partial charge in [-0.1, -0.05) is 11.6 Å². The van der Waals surface area contributed by atoms with Gasteiger partial charge in [0.05, 0.1) is 17.7 Å². The molecule has 1 aromatic rings. The smallest absolute Gasteiger partial charge is 0.252 e. The molecule has 3 N–H and O–H groups in total. The van der Waals surface area contributed by atoms with E-state index in [0.717, 1.165) is 25.7 Å². The van der Waals surface area contributed by atoms with Gasteiger partial charge in [-0.2, -0.15) is 0 Å². The van der Waals surface area contributed by atoms with Crippen LogP contribution in [-0.4, -0.2) is 59.7 Å². The number of nitrogens with one attached hydrogen (secondary N) is 3. The van der Waals surface area contributed by atoms with Crippen LogP contribution in [0.5, 0.6) is 5.88 Å². The van der Waals surface area contributed by atoms with Gasteiger partial charge in [-0.05, 0) is 50.5 Å². The molecule has 2 aliphatic carbocycles. The van der Waals surface area contributed by atoms with E-state index >= 15 is 0 Å². The molecule has 1 aromatic heterocycles. The number of aromatic nitrogens is 1. The van der Waals surface area contributed by atoms with Crippen LogP contribution < -0.4 is 15.4 Å². The van der Waals surface area contributed by atoms with Gasteiger partial charge in [0.25, 0.3) is 5.92 Å². The fourth-order valence-electron chi connectivity index (χ4n) is 5.79. The monoisotopic (exact) mass is 580 g/mol. The Morgan fingerprint density at radius 2 is 2.00 bits per heavy atom. The van der Waals surface area contributed by atoms with Gasteiger partial charge in [0.15, 0.2) is 5.78 Å². The first-order valence-corrected chi connectivity index (χ1v) is 14.6. The van der Waals surface area contributed by atoms with Gasteiger partial charge in [-0.3, -0.25) is 15.0 Å². The molecule has 0 bridgehead atoms. The van der Waals surface area contributed by atoms with E-state index in [2.05, 4.69) is 15.6 Å². The van der Waals surface area contributed by atoms with Crippen LogP contribution in [0.1, 0.15) is 77.6 Å². The number of rotatable bonds is 11. The number of amides is 1. The van der Waals surface area contributed by atoms with Gasteiger partial charge < -0.3 is 20.1 Å². The summed E-state index contributed by atoms with van der Waals surface area (Å²) in [6, 6.07) is 3.60. The first kappa shape index (κ1) is 30.4. The van der Waals surface area contributed by atoms with Crippen molar-refractivity contribution in [2.75, 3.05) is 13.2 Å². The number of halogens is 3. The average molecular weight is 581 g/mol. The zero-order valence-electron chi connectivity index (χ0n) is 22.9. The summed E-state index contributed by atoms with van der Waals surface area (Å²) >= 11 is 5.89. The Morgan fingerprint density at radius 1 is 1.23 bits per heavy atom. The van der Waals surface area contributed by atoms with E-state index in [1.165, 1.54) is 13.1 Å². The fraction of sp³-hybridized carbons (Fsp3) is 0.655. The molecule has 2 atom stereocenters. The van der Waals surface area contributed by atoms with Crippen molar-refractivity contribution in [2.24, 2.45) is 5.92 Å². The number of nitrogens with zero attached hydrogens (tertiary/aromatic N) is 1. The first-order chi connectivity index (χ1) is 19.1. The van der Waals surface area contributed by atoms with E-state index in [0.29, 0.717) is 54.9 Å². The summed E-state index contributed by atoms with van der Waals surface area (Å²) in [5, 5.41) is 15.2. The van der Waals surface area contributed by atoms with Crippen molar-refractivity contribution in [3.05, 3.63) is 34.6 Å². The quantitative estimate of drug-likeness (QED) is 0.303. The first-order valence-electron chi connectivity index (χ1n) is 14.2. The predicted octanol–water partition coefficient (Wildman–Crippen LogP) is 5.39. The lowest BCUT2D eigenvalue weighted by Gasteiger charge is -2.32. The van der Waals surface area contributed by atoms with Crippen molar-refractivity contribution in [2.45, 2.75) is 102 Å². The molecule has 2 heterocycles. The van der Waals surface area contributed by atoms with Crippen LogP contribution in [-0.2, 0) is 14.3 Å². The van der Waals surface area contributed by atoms with Gasteiger partial charge in [0.1, 0.15) is 11.8 Å². The molecule has 1 saturated heterocycles. The molecule has 220 valence electrons. The SMILES string of the molecule is CC(=O)NC1CCC(CCC(=O)C(=N)C2=C(NC[C@H]3C[C@H](Oc4ccc(Cl)cn4)CCO3)CCC(F)(F)C2)CC1. The summed E-state index contributed by atoms with van der Waals surface area (Å²) < 4.78 is 40.6. The van der Waals surface area contributed by atoms with E-state index < -0.39 is 18.1 Å². The number of ether oxygens (including phenoxy) is 2. The number of ketones is 1. The summed E-state index contributed by atoms with van der Waals surface area (Å²) in [5.41, 5.74) is 0.337. The Bertz CT molecular complexity index is 1090. The molecule has 8 nitrogen and oxygen atoms in total. The number of carbonyl (C=O) groups excluding carboxylic acids is 2. The maximum Gasteiger partial charge on any atom is 0.252 e. The Hall–Kier alpha value is -2.59. The van der Waals surface area contributed by atoms with Crippen LogP contribution in [0.3, 0.4) is 0 Å². The zero-order valence-corrected chi connectivity index (χ0v) is 23.7. The number of hydrogen-bond donors (Lipinski definition) is 3. The van der Waals surface area contributed by atoms with Gasteiger partial charge in [-0.15, -0.1) is 0 Å². The average Bonchev–Trinajstić information content (AvgIpc) is 2.92. The summed E-state index contributed by atoms with van der Waals surface area (Å²) in [5.74, 6) is -2.56. The largest absolute Gasteiger partial charge is 0.474 e. The zero-order chi connectivity index (χ0) is 28.7. The third-order valence-corrected chi connectivity index (χ3v) is 8.23. The van der Waals surface area contributed by atoms with Gasteiger partial charge >= 0.3 is 0 Å². The van der Waals surface area contributed by atoms with Gasteiger partial charge in [0.2, 0.25) is 11.8 Å². The molecule has 1 aliphatic heterocycles. The summed E-state index contributed by atoms with van der Waals surface area (Å²) in [7, 11) is 0. The van der Waals surface area contributed by atoms with Crippen molar-refractivity contribution in [3.63, 3.8) is 0 Å². The van der Waals surface area contributed by atoms with Crippen molar-refractivity contribution in [1.82, 2.24) is 15.6 Å². The minimum atomic E-state index is -2.94. The van der Waals surface area contributed by atoms with E-state index in [1.54, 1.807) is 12.1 Å². The molecule has 40 heavy (non-hydrogen) atoms. The number of allylic oxidation sites excluding steroid dienone is 2. The number of hydrogen-bond acceptors (Lipinski definition) is 7. The lowest BCUT2D eigenvalue weighted by atomic mass is 9.82. The number of Topliss-reactive ketones (excluding diaryl/α,β-unsaturated/α-hetero) is 1. The minimum absolute atomic E-state index is 0.0347. The van der Waals surface area contributed by atoms with Crippen LogP contribution in [0.15, 0.2) is 29.6 Å². The fourth-order valence-corrected chi connectivity index (χ4v) is 5.90. The summed E-state index contributed by atoms with van der Waals surface area (Å²) in [6.45, 7) is 2.38. The maximum atomic E-state index is 14.4. The predicted molar refractivity (Wildman–Crippen MR) is 148 cm³/mol. The molecular formula is C29H39ClF2N4O4. The second-order valence-electron chi connectivity index (χ2n) is 11.2. The molecular weight excluding hydrogens is 542 g/mol. The lowest BCUT2D eigenvalue weighted by molar-refractivity contribution is -0.119. The highest BCUT2D eigenvalue weighted by molar-refractivity contribution is 6.45. The molecule has 4 rings (SSSR count). The highest BCUT2D eigenvalue weighted by Gasteiger charge is 2.38. The van der Waals surface area contributed by atoms with Crippen molar-refractivity contribution in [1.29, 1.82) is 5.41 Å². The minimum Gasteiger partial charge on any atom is -0.474 e. The molecule has 2 fully saturated rings. The highest BCUT2D eigenvalue weighted by atomic mass is 35.5. The Balaban J connectivity index is 1.30. The van der Waals surface area contributed by atoms with Crippen LogP contribution in [0, 0.1) is 11.3 Å². The van der Waals surface area contributed by atoms with Crippen LogP contribution in [0.2, 0.25) is 5.02 Å². The summed E-state index contributed by atoms with van der Waals surface area (Å²) in [4.78, 5) is 28.4. The lowest BCUT2D eigenvalue weighted by Crippen LogP contribution is -2.40. The van der Waals surface area contributed by atoms with E-state index in [9.17, 15) is 18.4 Å². The van der Waals surface area contributed by atoms with E-state index in [-0.39, 0.29) is 54.7 Å². The van der Waals surface area contributed by atoms with E-state index in [1.807, 2.05) is 0 Å². The normalized spacial score (nSPS) is 26.6.